The maximum atomic E-state index is 15.5. The van der Waals surface area contributed by atoms with Gasteiger partial charge in [0.25, 0.3) is 0 Å². The summed E-state index contributed by atoms with van der Waals surface area (Å²) >= 11 is 0. The van der Waals surface area contributed by atoms with Crippen molar-refractivity contribution in [3.8, 4) is 0 Å². The van der Waals surface area contributed by atoms with Crippen LogP contribution in [0.3, 0.4) is 0 Å². The molecule has 28 heteroatoms. The average molecular weight is 1440 g/mol. The number of rotatable bonds is 17. The van der Waals surface area contributed by atoms with E-state index in [-0.39, 0.29) is 68.1 Å². The molecule has 5 N–H and O–H groups in total. The van der Waals surface area contributed by atoms with Crippen LogP contribution in [-0.4, -0.2) is 257 Å². The van der Waals surface area contributed by atoms with Gasteiger partial charge in [-0.05, 0) is 119 Å². The molecule has 0 spiro atoms. The fourth-order valence-electron chi connectivity index (χ4n) is 14.8. The molecule has 0 aromatic heterocycles. The van der Waals surface area contributed by atoms with E-state index < -0.39 is 182 Å². The Labute approximate surface area is 598 Å². The first-order chi connectivity index (χ1) is 47.2. The first-order valence-electron chi connectivity index (χ1n) is 37.3. The number of hydrogen-bond donors (Lipinski definition) is 5. The number of likely N-dealkylation sites (N-methyl/N-ethyl adjacent to an activating group) is 7. The monoisotopic (exact) mass is 1430 g/mol. The Bertz CT molecular complexity index is 2790. The number of hydrogen-bond acceptors (Lipinski definition) is 13. The number of aliphatic hydroxyl groups excluding tert-OH is 1. The van der Waals surface area contributed by atoms with Gasteiger partial charge in [0, 0.05) is 62.4 Å². The highest BCUT2D eigenvalue weighted by Crippen LogP contribution is 2.33. The summed E-state index contributed by atoms with van der Waals surface area (Å²) < 4.78 is 41.2. The molecule has 0 radical (unpaired) electrons. The van der Waals surface area contributed by atoms with Crippen LogP contribution in [0.5, 0.6) is 0 Å². The van der Waals surface area contributed by atoms with Gasteiger partial charge in [-0.2, -0.15) is 13.2 Å². The molecule has 25 nitrogen and oxygen atoms in total. The van der Waals surface area contributed by atoms with Gasteiger partial charge < -0.3 is 65.6 Å². The maximum Gasteiger partial charge on any atom is 0.414 e. The highest BCUT2D eigenvalue weighted by molar-refractivity contribution is 6.00. The fourth-order valence-corrected chi connectivity index (χ4v) is 14.8. The van der Waals surface area contributed by atoms with Gasteiger partial charge >= 0.3 is 6.18 Å². The zero-order valence-electron chi connectivity index (χ0n) is 63.8. The zero-order chi connectivity index (χ0) is 76.1. The Hall–Kier alpha value is -6.61. The molecule has 2 saturated heterocycles. The summed E-state index contributed by atoms with van der Waals surface area (Å²) in [7, 11) is 9.72. The second kappa shape index (κ2) is 40.4. The van der Waals surface area contributed by atoms with E-state index in [0.717, 1.165) is 85.3 Å². The van der Waals surface area contributed by atoms with Crippen molar-refractivity contribution in [2.75, 3.05) is 69.0 Å². The molecular formula is C73H125F3N12O13. The first-order valence-corrected chi connectivity index (χ1v) is 37.3. The van der Waals surface area contributed by atoms with Crippen LogP contribution in [0, 0.1) is 35.5 Å². The van der Waals surface area contributed by atoms with Gasteiger partial charge in [-0.3, -0.25) is 57.5 Å². The molecule has 12 amide bonds. The third-order valence-electron chi connectivity index (χ3n) is 21.2. The number of halogens is 3. The van der Waals surface area contributed by atoms with Crippen molar-refractivity contribution in [2.45, 2.75) is 290 Å². The number of amides is 12. The van der Waals surface area contributed by atoms with E-state index in [1.54, 1.807) is 34.6 Å². The Balaban J connectivity index is 1.95. The average Bonchev–Trinajstić information content (AvgIpc) is 0.814. The minimum atomic E-state index is -5.01. The van der Waals surface area contributed by atoms with E-state index in [1.807, 2.05) is 27.7 Å². The molecule has 2 heterocycles. The molecule has 576 valence electrons. The number of carbonyl (C=O) groups excluding carboxylic acids is 12. The summed E-state index contributed by atoms with van der Waals surface area (Å²) in [6, 6.07) is -13.1. The van der Waals surface area contributed by atoms with Gasteiger partial charge in [0.2, 0.25) is 70.9 Å². The summed E-state index contributed by atoms with van der Waals surface area (Å²) in [6.07, 6.45) is 1.26. The largest absolute Gasteiger partial charge is 0.414 e. The standard InChI is InChI=1S/C73H125F3N12O13/c1-18-55-71(100)85(15)57(40-49-29-22-19-23-30-49)65(94)79-53(38-45(4)5)69(98)86(16)58(41-50-31-24-20-25-32-50)72(101)87(17)62(47(8)9)66(95)77-51(33-28-34-59(89)73(74,75)76)67(96)81(11)43-61(91)83(13)56(39-46(6)7)64(93)80-54(70(99)88-35-26-21-27-36-88)42-60(90)82(12)48(10)63(92)78-52(37-44(2)3)68(97)84(55)14/h44-59,62,89H,18-43H2,1-17H3,(H,77,95)(H,78,92)(H,79,94)(H,80,93)/t48-,51-,52-,53-,54-,55-,56-,57-,58-,59?,62-/m0/s1. The lowest BCUT2D eigenvalue weighted by molar-refractivity contribution is -0.205. The van der Waals surface area contributed by atoms with Crippen LogP contribution >= 0.6 is 0 Å². The predicted octanol–water partition coefficient (Wildman–Crippen LogP) is 6.02. The van der Waals surface area contributed by atoms with E-state index in [9.17, 15) is 51.8 Å². The molecule has 0 aromatic carbocycles. The summed E-state index contributed by atoms with van der Waals surface area (Å²) in [5.74, 6) is -9.94. The van der Waals surface area contributed by atoms with Crippen LogP contribution in [0.1, 0.15) is 217 Å². The molecule has 0 bridgehead atoms. The van der Waals surface area contributed by atoms with Crippen LogP contribution in [0.25, 0.3) is 0 Å². The molecule has 2 aliphatic heterocycles. The Morgan fingerprint density at radius 3 is 1.43 bits per heavy atom. The minimum Gasteiger partial charge on any atom is -0.384 e. The Morgan fingerprint density at radius 2 is 0.941 bits per heavy atom. The number of nitrogens with zero attached hydrogens (tertiary/aromatic N) is 8. The van der Waals surface area contributed by atoms with Gasteiger partial charge in [-0.25, -0.2) is 0 Å². The molecule has 11 atom stereocenters. The van der Waals surface area contributed by atoms with Crippen LogP contribution in [-0.2, 0) is 57.5 Å². The smallest absolute Gasteiger partial charge is 0.384 e. The third-order valence-corrected chi connectivity index (χ3v) is 21.2. The first kappa shape index (κ1) is 86.8. The normalized spacial score (nSPS) is 27.4. The van der Waals surface area contributed by atoms with Crippen molar-refractivity contribution in [1.82, 2.24) is 60.5 Å². The number of nitrogens with one attached hydrogen (secondary N) is 4. The highest BCUT2D eigenvalue weighted by atomic mass is 19.4. The van der Waals surface area contributed by atoms with Crippen LogP contribution in [0.15, 0.2) is 0 Å². The van der Waals surface area contributed by atoms with Crippen molar-refractivity contribution >= 4 is 70.9 Å². The van der Waals surface area contributed by atoms with Crippen LogP contribution in [0.2, 0.25) is 0 Å². The maximum absolute atomic E-state index is 15.5. The lowest BCUT2D eigenvalue weighted by Gasteiger charge is -2.40. The molecular weight excluding hydrogens is 1310 g/mol. The molecule has 1 unspecified atom stereocenters. The molecule has 101 heavy (non-hydrogen) atoms. The number of aliphatic hydroxyl groups is 1. The summed E-state index contributed by atoms with van der Waals surface area (Å²) in [5, 5.41) is 21.4. The predicted molar refractivity (Wildman–Crippen MR) is 377 cm³/mol. The van der Waals surface area contributed by atoms with Crippen molar-refractivity contribution < 1.29 is 75.8 Å². The Kier molecular flexibility index (Phi) is 34.8. The lowest BCUT2D eigenvalue weighted by atomic mass is 9.83. The summed E-state index contributed by atoms with van der Waals surface area (Å²) in [5.41, 5.74) is 0. The van der Waals surface area contributed by atoms with E-state index in [2.05, 4.69) is 21.3 Å². The van der Waals surface area contributed by atoms with Crippen molar-refractivity contribution in [3.63, 3.8) is 0 Å². The molecule has 4 rings (SSSR count). The van der Waals surface area contributed by atoms with Gasteiger partial charge in [0.1, 0.15) is 66.5 Å². The molecule has 4 aliphatic rings. The molecule has 4 fully saturated rings. The summed E-state index contributed by atoms with van der Waals surface area (Å²) in [4.78, 5) is 189. The van der Waals surface area contributed by atoms with Crippen LogP contribution in [0.4, 0.5) is 13.2 Å². The molecule has 2 aliphatic carbocycles. The molecule has 2 saturated carbocycles. The van der Waals surface area contributed by atoms with Crippen molar-refractivity contribution in [3.05, 3.63) is 0 Å². The van der Waals surface area contributed by atoms with Crippen molar-refractivity contribution in [2.24, 2.45) is 35.5 Å². The fraction of sp³-hybridized carbons (Fsp3) is 0.836. The topological polar surface area (TPSA) is 299 Å². The Morgan fingerprint density at radius 1 is 0.495 bits per heavy atom. The highest BCUT2D eigenvalue weighted by Gasteiger charge is 2.45. The van der Waals surface area contributed by atoms with Crippen molar-refractivity contribution in [1.29, 1.82) is 0 Å². The van der Waals surface area contributed by atoms with Gasteiger partial charge in [-0.15, -0.1) is 0 Å². The SMILES string of the molecule is CC[C@H]1C(=O)N(C)[C@@H](CC2CCCCC2)C(=O)N[C@@H](CC(C)C)C(=O)N(C)[C@@H](CC2CCCCC2)C(=O)N(C)[C@@H](C(C)C)C(=O)N[C@@H](CCCC(O)C(F)(F)F)C(=O)N(C)CC(=O)N(C)[C@@H](CC(C)C)C(=O)N[C@H](C(=O)N2CCCCC2)CC(=O)N(C)[C@@H](C)C(=O)N[C@@H](CC(C)C)C(=O)N1C. The number of likely N-dealkylation sites (tertiary alicyclic amines) is 1. The van der Waals surface area contributed by atoms with Crippen LogP contribution < -0.4 is 21.3 Å². The van der Waals surface area contributed by atoms with E-state index in [1.165, 1.54) is 80.8 Å². The van der Waals surface area contributed by atoms with E-state index >= 15 is 24.0 Å². The zero-order valence-corrected chi connectivity index (χ0v) is 63.8. The summed E-state index contributed by atoms with van der Waals surface area (Å²) in [6.45, 7) is 17.4. The number of alkyl halides is 3. The number of piperidine rings is 1. The number of carbonyl (C=O) groups is 12. The van der Waals surface area contributed by atoms with Gasteiger partial charge in [0.05, 0.1) is 13.0 Å². The second-order valence-corrected chi connectivity index (χ2v) is 31.0. The van der Waals surface area contributed by atoms with Gasteiger partial charge in [0.15, 0.2) is 0 Å². The van der Waals surface area contributed by atoms with Gasteiger partial charge in [-0.1, -0.05) is 127 Å². The second-order valence-electron chi connectivity index (χ2n) is 31.0. The third kappa shape index (κ3) is 25.4. The van der Waals surface area contributed by atoms with E-state index in [0.29, 0.717) is 25.9 Å². The lowest BCUT2D eigenvalue weighted by Crippen LogP contribution is -2.62. The molecule has 0 aromatic rings. The quantitative estimate of drug-likeness (QED) is 0.111. The van der Waals surface area contributed by atoms with E-state index in [4.69, 9.17) is 0 Å². The minimum absolute atomic E-state index is 0.0151.